The number of benzene rings is 2. The number of halogens is 2. The molecule has 0 aromatic heterocycles. The topological polar surface area (TPSA) is 0 Å². The molecular formula is C20H16BrF. The summed E-state index contributed by atoms with van der Waals surface area (Å²) in [6, 6.07) is 12.7. The molecule has 0 aliphatic rings. The van der Waals surface area contributed by atoms with Crippen LogP contribution in [0.4, 0.5) is 4.39 Å². The molecule has 0 saturated heterocycles. The standard InChI is InChI=1S/C20H16BrF/c1-2-3-4-5-6-16-7-9-17(10-8-16)11-12-18-13-14-19(21)20(22)15-18/h7-10,13-15H,2-4H2,1H3. The van der Waals surface area contributed by atoms with Gasteiger partial charge in [0.2, 0.25) is 0 Å². The Balaban J connectivity index is 2.06. The molecule has 0 radical (unpaired) electrons. The summed E-state index contributed by atoms with van der Waals surface area (Å²) in [5.74, 6) is 12.0. The second kappa shape index (κ2) is 8.42. The fourth-order valence-electron chi connectivity index (χ4n) is 1.78. The van der Waals surface area contributed by atoms with Crippen molar-refractivity contribution in [2.24, 2.45) is 0 Å². The molecule has 0 fully saturated rings. The van der Waals surface area contributed by atoms with Crippen LogP contribution in [0.1, 0.15) is 42.9 Å². The molecule has 0 N–H and O–H groups in total. The van der Waals surface area contributed by atoms with Gasteiger partial charge in [0.05, 0.1) is 4.47 Å². The smallest absolute Gasteiger partial charge is 0.138 e. The first-order valence-corrected chi connectivity index (χ1v) is 8.04. The van der Waals surface area contributed by atoms with Crippen molar-refractivity contribution in [2.75, 3.05) is 0 Å². The zero-order valence-corrected chi connectivity index (χ0v) is 14.0. The highest BCUT2D eigenvalue weighted by Crippen LogP contribution is 2.15. The third kappa shape index (κ3) is 5.06. The van der Waals surface area contributed by atoms with Gasteiger partial charge < -0.3 is 0 Å². The Bertz CT molecular complexity index is 752. The van der Waals surface area contributed by atoms with E-state index in [2.05, 4.69) is 46.5 Å². The van der Waals surface area contributed by atoms with E-state index in [4.69, 9.17) is 0 Å². The van der Waals surface area contributed by atoms with Gasteiger partial charge in [-0.3, -0.25) is 0 Å². The third-order valence-electron chi connectivity index (χ3n) is 3.04. The minimum Gasteiger partial charge on any atom is -0.206 e. The van der Waals surface area contributed by atoms with Gasteiger partial charge >= 0.3 is 0 Å². The van der Waals surface area contributed by atoms with E-state index >= 15 is 0 Å². The molecule has 0 heterocycles. The molecule has 2 rings (SSSR count). The molecule has 0 amide bonds. The van der Waals surface area contributed by atoms with Crippen LogP contribution in [-0.2, 0) is 0 Å². The monoisotopic (exact) mass is 354 g/mol. The molecule has 0 spiro atoms. The lowest BCUT2D eigenvalue weighted by molar-refractivity contribution is 0.621. The summed E-state index contributed by atoms with van der Waals surface area (Å²) in [5.41, 5.74) is 2.54. The molecule has 110 valence electrons. The quantitative estimate of drug-likeness (QED) is 0.491. The molecule has 22 heavy (non-hydrogen) atoms. The Kier molecular flexibility index (Phi) is 6.26. The first-order valence-electron chi connectivity index (χ1n) is 7.25. The number of rotatable bonds is 2. The Labute approximate surface area is 139 Å². The van der Waals surface area contributed by atoms with Crippen LogP contribution >= 0.6 is 15.9 Å². The minimum atomic E-state index is -0.301. The maximum absolute atomic E-state index is 13.4. The van der Waals surface area contributed by atoms with E-state index in [9.17, 15) is 4.39 Å². The molecule has 2 aromatic rings. The van der Waals surface area contributed by atoms with E-state index < -0.39 is 0 Å². The molecule has 0 atom stereocenters. The lowest BCUT2D eigenvalue weighted by Crippen LogP contribution is -1.81. The lowest BCUT2D eigenvalue weighted by Gasteiger charge is -1.95. The molecule has 2 heteroatoms. The Morgan fingerprint density at radius 2 is 1.50 bits per heavy atom. The van der Waals surface area contributed by atoms with E-state index in [0.29, 0.717) is 10.0 Å². The Hall–Kier alpha value is -2.03. The van der Waals surface area contributed by atoms with Crippen LogP contribution in [0.3, 0.4) is 0 Å². The number of hydrogen-bond acceptors (Lipinski definition) is 0. The highest BCUT2D eigenvalue weighted by atomic mass is 79.9. The van der Waals surface area contributed by atoms with Crippen LogP contribution < -0.4 is 0 Å². The molecule has 0 bridgehead atoms. The molecule has 0 nitrogen and oxygen atoms in total. The van der Waals surface area contributed by atoms with Crippen molar-refractivity contribution in [3.8, 4) is 23.7 Å². The van der Waals surface area contributed by atoms with Crippen molar-refractivity contribution in [3.05, 3.63) is 69.4 Å². The third-order valence-corrected chi connectivity index (χ3v) is 3.69. The van der Waals surface area contributed by atoms with Gasteiger partial charge in [-0.15, -0.1) is 0 Å². The summed E-state index contributed by atoms with van der Waals surface area (Å²) in [7, 11) is 0. The molecular weight excluding hydrogens is 339 g/mol. The zero-order valence-electron chi connectivity index (χ0n) is 12.4. The van der Waals surface area contributed by atoms with E-state index in [1.807, 2.05) is 24.3 Å². The molecule has 0 aliphatic carbocycles. The fourth-order valence-corrected chi connectivity index (χ4v) is 2.03. The maximum atomic E-state index is 13.4. The largest absolute Gasteiger partial charge is 0.206 e. The van der Waals surface area contributed by atoms with Crippen LogP contribution in [-0.4, -0.2) is 0 Å². The minimum absolute atomic E-state index is 0.301. The van der Waals surface area contributed by atoms with Crippen molar-refractivity contribution in [1.82, 2.24) is 0 Å². The van der Waals surface area contributed by atoms with E-state index in [0.717, 1.165) is 24.0 Å². The average Bonchev–Trinajstić information content (AvgIpc) is 2.54. The van der Waals surface area contributed by atoms with Crippen LogP contribution in [0.5, 0.6) is 0 Å². The highest BCUT2D eigenvalue weighted by molar-refractivity contribution is 9.10. The zero-order chi connectivity index (χ0) is 15.8. The summed E-state index contributed by atoms with van der Waals surface area (Å²) in [5, 5.41) is 0. The van der Waals surface area contributed by atoms with Crippen molar-refractivity contribution >= 4 is 15.9 Å². The second-order valence-corrected chi connectivity index (χ2v) is 5.72. The summed E-state index contributed by atoms with van der Waals surface area (Å²) >= 11 is 3.13. The van der Waals surface area contributed by atoms with E-state index in [-0.39, 0.29) is 5.82 Å². The summed E-state index contributed by atoms with van der Waals surface area (Å²) in [6.07, 6.45) is 3.24. The predicted octanol–water partition coefficient (Wildman–Crippen LogP) is 5.53. The molecule has 2 aromatic carbocycles. The first-order chi connectivity index (χ1) is 10.7. The van der Waals surface area contributed by atoms with Gasteiger partial charge in [0, 0.05) is 23.1 Å². The van der Waals surface area contributed by atoms with Crippen LogP contribution in [0.25, 0.3) is 0 Å². The molecule has 0 aliphatic heterocycles. The van der Waals surface area contributed by atoms with Gasteiger partial charge in [-0.25, -0.2) is 4.39 Å². The summed E-state index contributed by atoms with van der Waals surface area (Å²) in [4.78, 5) is 0. The van der Waals surface area contributed by atoms with Gasteiger partial charge in [0.25, 0.3) is 0 Å². The van der Waals surface area contributed by atoms with Crippen molar-refractivity contribution in [3.63, 3.8) is 0 Å². The number of unbranched alkanes of at least 4 members (excludes halogenated alkanes) is 2. The van der Waals surface area contributed by atoms with Crippen LogP contribution in [0, 0.1) is 29.5 Å². The Morgan fingerprint density at radius 3 is 2.14 bits per heavy atom. The van der Waals surface area contributed by atoms with Crippen molar-refractivity contribution in [1.29, 1.82) is 0 Å². The normalized spacial score (nSPS) is 9.41. The van der Waals surface area contributed by atoms with Crippen molar-refractivity contribution in [2.45, 2.75) is 26.2 Å². The highest BCUT2D eigenvalue weighted by Gasteiger charge is 1.97. The van der Waals surface area contributed by atoms with Gasteiger partial charge in [0.15, 0.2) is 0 Å². The predicted molar refractivity (Wildman–Crippen MR) is 92.9 cm³/mol. The van der Waals surface area contributed by atoms with Gasteiger partial charge in [0.1, 0.15) is 5.82 Å². The van der Waals surface area contributed by atoms with Crippen molar-refractivity contribution < 1.29 is 4.39 Å². The Morgan fingerprint density at radius 1 is 0.909 bits per heavy atom. The molecule has 0 unspecified atom stereocenters. The van der Waals surface area contributed by atoms with Crippen LogP contribution in [0.2, 0.25) is 0 Å². The number of hydrogen-bond donors (Lipinski definition) is 0. The van der Waals surface area contributed by atoms with Gasteiger partial charge in [-0.2, -0.15) is 0 Å². The van der Waals surface area contributed by atoms with E-state index in [1.165, 1.54) is 12.5 Å². The van der Waals surface area contributed by atoms with Crippen LogP contribution in [0.15, 0.2) is 46.9 Å². The maximum Gasteiger partial charge on any atom is 0.138 e. The van der Waals surface area contributed by atoms with Gasteiger partial charge in [-0.05, 0) is 64.8 Å². The molecule has 0 saturated carbocycles. The summed E-state index contributed by atoms with van der Waals surface area (Å²) in [6.45, 7) is 2.16. The fraction of sp³-hybridized carbons (Fsp3) is 0.200. The SMILES string of the molecule is CCCCC#Cc1ccc(C#Cc2ccc(Br)c(F)c2)cc1. The van der Waals surface area contributed by atoms with E-state index in [1.54, 1.807) is 12.1 Å². The van der Waals surface area contributed by atoms with Gasteiger partial charge in [-0.1, -0.05) is 37.0 Å². The average molecular weight is 355 g/mol. The summed E-state index contributed by atoms with van der Waals surface area (Å²) < 4.78 is 13.8. The lowest BCUT2D eigenvalue weighted by atomic mass is 10.1. The first kappa shape index (κ1) is 16.3. The second-order valence-electron chi connectivity index (χ2n) is 4.86.